The number of aliphatic carboxylic acids is 1. The Balaban J connectivity index is 1.36. The Morgan fingerprint density at radius 3 is 2.38 bits per heavy atom. The second kappa shape index (κ2) is 15.8. The van der Waals surface area contributed by atoms with E-state index < -0.39 is 53.3 Å². The second-order valence-electron chi connectivity index (χ2n) is 11.6. The molecule has 3 N–H and O–H groups in total. The molecule has 2 heterocycles. The number of amides is 2. The molecule has 1 saturated heterocycles. The van der Waals surface area contributed by atoms with E-state index in [2.05, 4.69) is 15.0 Å². The molecule has 0 saturated carbocycles. The zero-order chi connectivity index (χ0) is 34.1. The molecule has 14 heteroatoms. The molecular formula is C33H41N5O8S. The number of carboxylic acid groups (broad SMARTS) is 1. The number of likely N-dealkylation sites (tertiary alicyclic amines) is 1. The predicted molar refractivity (Wildman–Crippen MR) is 174 cm³/mol. The first-order chi connectivity index (χ1) is 22.3. The minimum absolute atomic E-state index is 0.00633. The number of nitrogens with zero attached hydrogens (tertiary/aromatic N) is 3. The van der Waals surface area contributed by atoms with Crippen molar-refractivity contribution in [3.63, 3.8) is 0 Å². The number of carboxylic acids is 1. The van der Waals surface area contributed by atoms with Crippen molar-refractivity contribution in [3.8, 4) is 0 Å². The smallest absolute Gasteiger partial charge is 0.410 e. The third kappa shape index (κ3) is 9.73. The Morgan fingerprint density at radius 2 is 1.74 bits per heavy atom. The van der Waals surface area contributed by atoms with Crippen LogP contribution in [0, 0.1) is 20.8 Å². The summed E-state index contributed by atoms with van der Waals surface area (Å²) in [5.41, 5.74) is 2.69. The summed E-state index contributed by atoms with van der Waals surface area (Å²) in [6, 6.07) is 16.2. The topological polar surface area (TPSA) is 167 Å². The van der Waals surface area contributed by atoms with Crippen molar-refractivity contribution in [2.45, 2.75) is 56.9 Å². The van der Waals surface area contributed by atoms with Gasteiger partial charge >= 0.3 is 12.1 Å². The Bertz CT molecular complexity index is 1630. The van der Waals surface area contributed by atoms with Gasteiger partial charge in [-0.15, -0.1) is 0 Å². The van der Waals surface area contributed by atoms with Gasteiger partial charge in [0.05, 0.1) is 23.6 Å². The number of carbonyl (C=O) groups is 3. The van der Waals surface area contributed by atoms with Gasteiger partial charge < -0.3 is 29.7 Å². The third-order valence-electron chi connectivity index (χ3n) is 7.79. The van der Waals surface area contributed by atoms with Crippen LogP contribution in [-0.4, -0.2) is 97.8 Å². The minimum Gasteiger partial charge on any atom is -0.480 e. The molecule has 3 aromatic rings. The van der Waals surface area contributed by atoms with Gasteiger partial charge in [0.1, 0.15) is 25.1 Å². The molecule has 1 aliphatic heterocycles. The maximum Gasteiger partial charge on any atom is 0.410 e. The lowest BCUT2D eigenvalue weighted by molar-refractivity contribution is -0.141. The van der Waals surface area contributed by atoms with E-state index in [1.54, 1.807) is 43.1 Å². The molecule has 1 fully saturated rings. The van der Waals surface area contributed by atoms with Crippen LogP contribution in [0.15, 0.2) is 71.8 Å². The normalized spacial score (nSPS) is 16.8. The van der Waals surface area contributed by atoms with Crippen LogP contribution in [0.4, 0.5) is 10.6 Å². The molecule has 47 heavy (non-hydrogen) atoms. The van der Waals surface area contributed by atoms with Gasteiger partial charge in [0.2, 0.25) is 15.9 Å². The van der Waals surface area contributed by atoms with E-state index in [1.165, 1.54) is 7.05 Å². The second-order valence-corrected chi connectivity index (χ2v) is 13.3. The van der Waals surface area contributed by atoms with Crippen molar-refractivity contribution >= 4 is 33.8 Å². The van der Waals surface area contributed by atoms with Crippen LogP contribution >= 0.6 is 0 Å². The molecule has 2 amide bonds. The van der Waals surface area contributed by atoms with Crippen LogP contribution in [0.1, 0.15) is 28.7 Å². The van der Waals surface area contributed by atoms with Crippen molar-refractivity contribution in [2.75, 3.05) is 38.6 Å². The van der Waals surface area contributed by atoms with Crippen LogP contribution in [0.25, 0.3) is 0 Å². The van der Waals surface area contributed by atoms with Gasteiger partial charge in [-0.3, -0.25) is 9.59 Å². The van der Waals surface area contributed by atoms with E-state index in [-0.39, 0.29) is 24.1 Å². The third-order valence-corrected chi connectivity index (χ3v) is 9.57. The number of aromatic nitrogens is 1. The van der Waals surface area contributed by atoms with E-state index in [0.717, 1.165) is 16.0 Å². The zero-order valence-corrected chi connectivity index (χ0v) is 27.7. The fourth-order valence-electron chi connectivity index (χ4n) is 5.58. The first-order valence-corrected chi connectivity index (χ1v) is 16.6. The van der Waals surface area contributed by atoms with Gasteiger partial charge in [-0.1, -0.05) is 54.1 Å². The molecule has 0 radical (unpaired) electrons. The summed E-state index contributed by atoms with van der Waals surface area (Å²) in [4.78, 5) is 45.1. The van der Waals surface area contributed by atoms with Crippen molar-refractivity contribution in [3.05, 3.63) is 89.1 Å². The number of anilines is 1. The van der Waals surface area contributed by atoms with Crippen molar-refractivity contribution in [2.24, 2.45) is 0 Å². The molecule has 0 bridgehead atoms. The van der Waals surface area contributed by atoms with Gasteiger partial charge in [-0.25, -0.2) is 18.2 Å². The number of ether oxygens (including phenoxy) is 2. The molecular weight excluding hydrogens is 626 g/mol. The number of hydrogen-bond donors (Lipinski definition) is 3. The number of aryl methyl sites for hydroxylation is 3. The lowest BCUT2D eigenvalue weighted by Crippen LogP contribution is -2.49. The first-order valence-electron chi connectivity index (χ1n) is 15.1. The van der Waals surface area contributed by atoms with E-state index in [0.29, 0.717) is 29.9 Å². The molecule has 1 aromatic heterocycles. The number of rotatable bonds is 14. The number of hydrogen-bond acceptors (Lipinski definition) is 9. The van der Waals surface area contributed by atoms with E-state index >= 15 is 0 Å². The average Bonchev–Trinajstić information content (AvgIpc) is 3.44. The predicted octanol–water partition coefficient (Wildman–Crippen LogP) is 3.11. The number of pyridine rings is 1. The summed E-state index contributed by atoms with van der Waals surface area (Å²) < 4.78 is 40.1. The first kappa shape index (κ1) is 35.3. The van der Waals surface area contributed by atoms with Crippen molar-refractivity contribution < 1.29 is 37.4 Å². The summed E-state index contributed by atoms with van der Waals surface area (Å²) in [7, 11) is -2.83. The van der Waals surface area contributed by atoms with Crippen LogP contribution in [0.2, 0.25) is 0 Å². The Labute approximate surface area is 274 Å². The Morgan fingerprint density at radius 1 is 1.06 bits per heavy atom. The number of nitrogens with one attached hydrogen (secondary N) is 2. The SMILES string of the molecule is Cc1cc(C)c(S(=O)(=O)N[C@@H](CN(C)C(=O)CO[C@@H]2C[C@@H](CNc3ccccn3)N(C(=O)OCc3ccccc3)C2)C(=O)O)c(C)c1. The highest BCUT2D eigenvalue weighted by Crippen LogP contribution is 2.24. The summed E-state index contributed by atoms with van der Waals surface area (Å²) >= 11 is 0. The van der Waals surface area contributed by atoms with Gasteiger partial charge in [0, 0.05) is 26.3 Å². The Kier molecular flexibility index (Phi) is 11.9. The largest absolute Gasteiger partial charge is 0.480 e. The standard InChI is InChI=1S/C33H41N5O8S/c1-22-14-23(2)31(24(3)15-22)47(43,44)36-28(32(40)41)19-37(4)30(39)21-45-27-16-26(17-35-29-12-8-9-13-34-29)38(18-27)33(42)46-20-25-10-6-5-7-11-25/h5-15,26-28,36H,16-21H2,1-4H3,(H,34,35)(H,40,41)/t26-,27+,28-/m0/s1. The van der Waals surface area contributed by atoms with Crippen LogP contribution in [-0.2, 0) is 35.7 Å². The van der Waals surface area contributed by atoms with Crippen LogP contribution < -0.4 is 10.0 Å². The fraction of sp³-hybridized carbons (Fsp3) is 0.394. The van der Waals surface area contributed by atoms with Crippen molar-refractivity contribution in [1.29, 1.82) is 0 Å². The molecule has 13 nitrogen and oxygen atoms in total. The molecule has 1 aliphatic rings. The minimum atomic E-state index is -4.21. The molecule has 0 aliphatic carbocycles. The highest BCUT2D eigenvalue weighted by atomic mass is 32.2. The van der Waals surface area contributed by atoms with Crippen molar-refractivity contribution in [1.82, 2.24) is 19.5 Å². The Hall–Kier alpha value is -4.53. The van der Waals surface area contributed by atoms with Gasteiger partial charge in [-0.05, 0) is 56.0 Å². The monoisotopic (exact) mass is 667 g/mol. The number of sulfonamides is 1. The maximum absolute atomic E-state index is 13.2. The highest BCUT2D eigenvalue weighted by molar-refractivity contribution is 7.89. The molecule has 3 atom stereocenters. The van der Waals surface area contributed by atoms with Crippen LogP contribution in [0.5, 0.6) is 0 Å². The van der Waals surface area contributed by atoms with E-state index in [9.17, 15) is 27.9 Å². The van der Waals surface area contributed by atoms with Crippen LogP contribution in [0.3, 0.4) is 0 Å². The lowest BCUT2D eigenvalue weighted by Gasteiger charge is -2.24. The molecule has 2 aromatic carbocycles. The molecule has 4 rings (SSSR count). The zero-order valence-electron chi connectivity index (χ0n) is 26.9. The number of likely N-dealkylation sites (N-methyl/N-ethyl adjacent to an activating group) is 1. The van der Waals surface area contributed by atoms with E-state index in [4.69, 9.17) is 9.47 Å². The van der Waals surface area contributed by atoms with Gasteiger partial charge in [-0.2, -0.15) is 4.72 Å². The average molecular weight is 668 g/mol. The fourth-order valence-corrected chi connectivity index (χ4v) is 7.21. The highest BCUT2D eigenvalue weighted by Gasteiger charge is 2.37. The number of carbonyl (C=O) groups excluding carboxylic acids is 2. The van der Waals surface area contributed by atoms with Gasteiger partial charge in [0.15, 0.2) is 0 Å². The number of benzene rings is 2. The molecule has 252 valence electrons. The maximum atomic E-state index is 13.2. The summed E-state index contributed by atoms with van der Waals surface area (Å²) in [6.07, 6.45) is 1.03. The quantitative estimate of drug-likeness (QED) is 0.232. The lowest BCUT2D eigenvalue weighted by atomic mass is 10.1. The molecule has 0 unspecified atom stereocenters. The summed E-state index contributed by atoms with van der Waals surface area (Å²) in [6.45, 7) is 4.93. The molecule has 0 spiro atoms. The van der Waals surface area contributed by atoms with E-state index in [1.807, 2.05) is 49.4 Å². The summed E-state index contributed by atoms with van der Waals surface area (Å²) in [5.74, 6) is -1.34. The summed E-state index contributed by atoms with van der Waals surface area (Å²) in [5, 5.41) is 13.0. The van der Waals surface area contributed by atoms with Gasteiger partial charge in [0.25, 0.3) is 0 Å².